The topological polar surface area (TPSA) is 0 Å². The van der Waals surface area contributed by atoms with Crippen molar-refractivity contribution in [3.8, 4) is 0 Å². The van der Waals surface area contributed by atoms with Crippen molar-refractivity contribution in [1.82, 2.24) is 0 Å². The van der Waals surface area contributed by atoms with E-state index in [4.69, 9.17) is 0 Å². The van der Waals surface area contributed by atoms with Gasteiger partial charge in [0.25, 0.3) is 0 Å². The molecule has 0 heterocycles. The van der Waals surface area contributed by atoms with Gasteiger partial charge >= 0.3 is 0 Å². The molecule has 0 N–H and O–H groups in total. The van der Waals surface area contributed by atoms with Crippen molar-refractivity contribution in [3.63, 3.8) is 0 Å². The van der Waals surface area contributed by atoms with Crippen molar-refractivity contribution in [1.29, 1.82) is 0 Å². The Balaban J connectivity index is 3.69. The SMILES string of the molecule is CS/C=C/CC(C)[Si](C)(C)C. The predicted molar refractivity (Wildman–Crippen MR) is 60.0 cm³/mol. The molecule has 0 aromatic rings. The molecular formula is C9H20SSi. The molecule has 0 radical (unpaired) electrons. The van der Waals surface area contributed by atoms with Crippen LogP contribution in [0.1, 0.15) is 13.3 Å². The molecular weight excluding hydrogens is 168 g/mol. The van der Waals surface area contributed by atoms with Gasteiger partial charge in [0.15, 0.2) is 0 Å². The van der Waals surface area contributed by atoms with E-state index in [2.05, 4.69) is 44.3 Å². The molecule has 2 heteroatoms. The van der Waals surface area contributed by atoms with Gasteiger partial charge in [-0.25, -0.2) is 0 Å². The van der Waals surface area contributed by atoms with Gasteiger partial charge in [0.05, 0.1) is 0 Å². The minimum atomic E-state index is -0.871. The fraction of sp³-hybridized carbons (Fsp3) is 0.778. The lowest BCUT2D eigenvalue weighted by Crippen LogP contribution is -2.25. The third-order valence-corrected chi connectivity index (χ3v) is 5.86. The van der Waals surface area contributed by atoms with Gasteiger partial charge in [0.1, 0.15) is 0 Å². The Morgan fingerprint density at radius 1 is 1.36 bits per heavy atom. The van der Waals surface area contributed by atoms with Crippen LogP contribution in [0, 0.1) is 0 Å². The van der Waals surface area contributed by atoms with E-state index in [1.54, 1.807) is 11.8 Å². The van der Waals surface area contributed by atoms with Crippen molar-refractivity contribution < 1.29 is 0 Å². The van der Waals surface area contributed by atoms with Gasteiger partial charge in [0.2, 0.25) is 0 Å². The molecule has 0 aliphatic heterocycles. The van der Waals surface area contributed by atoms with Gasteiger partial charge in [-0.05, 0) is 23.6 Å². The fourth-order valence-corrected chi connectivity index (χ4v) is 1.86. The molecule has 66 valence electrons. The Kier molecular flexibility index (Phi) is 5.18. The second kappa shape index (κ2) is 5.04. The van der Waals surface area contributed by atoms with Crippen LogP contribution in [-0.4, -0.2) is 14.3 Å². The number of hydrogen-bond acceptors (Lipinski definition) is 1. The van der Waals surface area contributed by atoms with Crippen LogP contribution in [0.2, 0.25) is 25.2 Å². The van der Waals surface area contributed by atoms with E-state index < -0.39 is 8.07 Å². The first-order valence-corrected chi connectivity index (χ1v) is 9.03. The zero-order valence-electron chi connectivity index (χ0n) is 8.35. The zero-order chi connectivity index (χ0) is 8.91. The summed E-state index contributed by atoms with van der Waals surface area (Å²) in [6.07, 6.45) is 5.67. The van der Waals surface area contributed by atoms with Crippen LogP contribution < -0.4 is 0 Å². The maximum Gasteiger partial charge on any atom is 0.0474 e. The lowest BCUT2D eigenvalue weighted by atomic mass is 10.3. The molecule has 0 aliphatic rings. The van der Waals surface area contributed by atoms with Crippen LogP contribution in [0.4, 0.5) is 0 Å². The lowest BCUT2D eigenvalue weighted by molar-refractivity contribution is 0.906. The first kappa shape index (κ1) is 11.3. The second-order valence-corrected chi connectivity index (χ2v) is 10.6. The highest BCUT2D eigenvalue weighted by Crippen LogP contribution is 2.24. The van der Waals surface area contributed by atoms with Gasteiger partial charge in [-0.1, -0.05) is 32.6 Å². The number of allylic oxidation sites excluding steroid dienone is 1. The van der Waals surface area contributed by atoms with Gasteiger partial charge < -0.3 is 0 Å². The first-order chi connectivity index (χ1) is 4.98. The number of rotatable bonds is 4. The summed E-state index contributed by atoms with van der Waals surface area (Å²) in [7, 11) is -0.871. The van der Waals surface area contributed by atoms with Gasteiger partial charge in [-0.3, -0.25) is 0 Å². The maximum absolute atomic E-state index is 2.44. The second-order valence-electron chi connectivity index (χ2n) is 4.11. The van der Waals surface area contributed by atoms with Crippen molar-refractivity contribution >= 4 is 19.8 Å². The van der Waals surface area contributed by atoms with Crippen LogP contribution in [0.15, 0.2) is 11.5 Å². The van der Waals surface area contributed by atoms with E-state index in [9.17, 15) is 0 Å². The van der Waals surface area contributed by atoms with Crippen LogP contribution in [0.25, 0.3) is 0 Å². The lowest BCUT2D eigenvalue weighted by Gasteiger charge is -2.23. The third-order valence-electron chi connectivity index (χ3n) is 2.20. The summed E-state index contributed by atoms with van der Waals surface area (Å²) in [5.74, 6) is 0. The molecule has 0 nitrogen and oxygen atoms in total. The van der Waals surface area contributed by atoms with Gasteiger partial charge in [-0.15, -0.1) is 11.8 Å². The highest BCUT2D eigenvalue weighted by molar-refractivity contribution is 8.01. The largest absolute Gasteiger partial charge is 0.138 e. The Morgan fingerprint density at radius 2 is 1.91 bits per heavy atom. The molecule has 0 amide bonds. The Hall–Kier alpha value is 0.307. The summed E-state index contributed by atoms with van der Waals surface area (Å²) in [6, 6.07) is 0. The van der Waals surface area contributed by atoms with E-state index >= 15 is 0 Å². The maximum atomic E-state index is 2.44. The third kappa shape index (κ3) is 5.56. The highest BCUT2D eigenvalue weighted by Gasteiger charge is 2.20. The minimum Gasteiger partial charge on any atom is -0.138 e. The van der Waals surface area contributed by atoms with Crippen LogP contribution in [-0.2, 0) is 0 Å². The van der Waals surface area contributed by atoms with Crippen LogP contribution in [0.5, 0.6) is 0 Å². The molecule has 0 spiro atoms. The van der Waals surface area contributed by atoms with E-state index in [1.807, 2.05) is 0 Å². The van der Waals surface area contributed by atoms with Crippen molar-refractivity contribution in [2.45, 2.75) is 38.5 Å². The molecule has 0 fully saturated rings. The average molecular weight is 188 g/mol. The quantitative estimate of drug-likeness (QED) is 0.601. The molecule has 0 saturated heterocycles. The zero-order valence-corrected chi connectivity index (χ0v) is 10.2. The van der Waals surface area contributed by atoms with Crippen molar-refractivity contribution in [2.24, 2.45) is 0 Å². The van der Waals surface area contributed by atoms with E-state index in [0.717, 1.165) is 5.54 Å². The van der Waals surface area contributed by atoms with Crippen LogP contribution in [0.3, 0.4) is 0 Å². The molecule has 1 unspecified atom stereocenters. The number of thioether (sulfide) groups is 1. The Morgan fingerprint density at radius 3 is 2.27 bits per heavy atom. The minimum absolute atomic E-state index is 0.871. The molecule has 0 rings (SSSR count). The molecule has 0 aromatic carbocycles. The Labute approximate surface area is 76.5 Å². The summed E-state index contributed by atoms with van der Waals surface area (Å²) in [5.41, 5.74) is 0.908. The fourth-order valence-electron chi connectivity index (χ4n) is 0.709. The monoisotopic (exact) mass is 188 g/mol. The van der Waals surface area contributed by atoms with E-state index in [1.165, 1.54) is 6.42 Å². The number of hydrogen-bond donors (Lipinski definition) is 0. The summed E-state index contributed by atoms with van der Waals surface area (Å²) in [4.78, 5) is 0. The Bertz CT molecular complexity index is 124. The van der Waals surface area contributed by atoms with Gasteiger partial charge in [-0.2, -0.15) is 0 Å². The van der Waals surface area contributed by atoms with E-state index in [-0.39, 0.29) is 0 Å². The molecule has 0 bridgehead atoms. The normalized spacial score (nSPS) is 15.7. The molecule has 0 aliphatic carbocycles. The standard InChI is InChI=1S/C9H20SSi/c1-9(11(3,4)5)7-6-8-10-2/h6,8-9H,7H2,1-5H3/b8-6+. The average Bonchev–Trinajstić information content (AvgIpc) is 1.86. The van der Waals surface area contributed by atoms with Crippen molar-refractivity contribution in [2.75, 3.05) is 6.26 Å². The molecule has 0 saturated carbocycles. The molecule has 1 atom stereocenters. The van der Waals surface area contributed by atoms with Crippen molar-refractivity contribution in [3.05, 3.63) is 11.5 Å². The summed E-state index contributed by atoms with van der Waals surface area (Å²) < 4.78 is 0. The molecule has 0 aromatic heterocycles. The summed E-state index contributed by atoms with van der Waals surface area (Å²) in [6.45, 7) is 9.68. The highest BCUT2D eigenvalue weighted by atomic mass is 32.2. The smallest absolute Gasteiger partial charge is 0.0474 e. The summed E-state index contributed by atoms with van der Waals surface area (Å²) >= 11 is 1.79. The first-order valence-electron chi connectivity index (χ1n) is 4.16. The van der Waals surface area contributed by atoms with Crippen LogP contribution >= 0.6 is 11.8 Å². The van der Waals surface area contributed by atoms with E-state index in [0.29, 0.717) is 0 Å². The summed E-state index contributed by atoms with van der Waals surface area (Å²) in [5, 5.41) is 2.19. The van der Waals surface area contributed by atoms with Gasteiger partial charge in [0, 0.05) is 8.07 Å². The molecule has 11 heavy (non-hydrogen) atoms. The predicted octanol–water partition coefficient (Wildman–Crippen LogP) is 3.98.